The van der Waals surface area contributed by atoms with E-state index in [2.05, 4.69) is 25.3 Å². The van der Waals surface area contributed by atoms with Crippen molar-refractivity contribution in [2.24, 2.45) is 0 Å². The van der Waals surface area contributed by atoms with Crippen LogP contribution in [0.5, 0.6) is 0 Å². The fraction of sp³-hybridized carbons (Fsp3) is 0.333. The predicted molar refractivity (Wildman–Crippen MR) is 104 cm³/mol. The molecule has 4 nitrogen and oxygen atoms in total. The number of nitrogens with zero attached hydrogens (tertiary/aromatic N) is 2. The van der Waals surface area contributed by atoms with Crippen molar-refractivity contribution < 1.29 is 9.53 Å². The Kier molecular flexibility index (Phi) is 13.3. The molecule has 1 aromatic rings. The molecule has 0 saturated carbocycles. The Morgan fingerprint density at radius 1 is 1.24 bits per heavy atom. The van der Waals surface area contributed by atoms with Gasteiger partial charge in [-0.1, -0.05) is 69.0 Å². The van der Waals surface area contributed by atoms with Crippen LogP contribution in [0.3, 0.4) is 0 Å². The first kappa shape index (κ1) is 22.4. The molecule has 0 saturated heterocycles. The normalized spacial score (nSPS) is 10.4. The third-order valence-corrected chi connectivity index (χ3v) is 3.25. The number of carbonyl (C=O) groups is 1. The minimum Gasteiger partial charge on any atom is -0.461 e. The molecule has 0 aliphatic carbocycles. The summed E-state index contributed by atoms with van der Waals surface area (Å²) in [4.78, 5) is 13.2. The van der Waals surface area contributed by atoms with Crippen LogP contribution in [0.4, 0.5) is 0 Å². The van der Waals surface area contributed by atoms with Crippen LogP contribution in [0, 0.1) is 11.3 Å². The molecule has 0 atom stereocenters. The van der Waals surface area contributed by atoms with Crippen molar-refractivity contribution >= 4 is 12.0 Å². The maximum Gasteiger partial charge on any atom is 0.333 e. The number of carbonyl (C=O) groups excluding carboxylic acids is 1. The summed E-state index contributed by atoms with van der Waals surface area (Å²) >= 11 is 0. The predicted octanol–water partition coefficient (Wildman–Crippen LogP) is 4.23. The molecule has 134 valence electrons. The number of esters is 1. The fourth-order valence-electron chi connectivity index (χ4n) is 1.76. The highest BCUT2D eigenvalue weighted by atomic mass is 16.5. The van der Waals surface area contributed by atoms with Gasteiger partial charge in [-0.25, -0.2) is 4.79 Å². The van der Waals surface area contributed by atoms with Crippen molar-refractivity contribution in [3.8, 4) is 6.07 Å². The molecule has 0 radical (unpaired) electrons. The fourth-order valence-corrected chi connectivity index (χ4v) is 1.76. The smallest absolute Gasteiger partial charge is 0.333 e. The Balaban J connectivity index is 0.000000462. The van der Waals surface area contributed by atoms with E-state index in [9.17, 15) is 4.79 Å². The summed E-state index contributed by atoms with van der Waals surface area (Å²) in [6, 6.07) is 11.9. The molecule has 0 aliphatic rings. The largest absolute Gasteiger partial charge is 0.461 e. The zero-order valence-corrected chi connectivity index (χ0v) is 15.4. The average Bonchev–Trinajstić information content (AvgIpc) is 2.63. The van der Waals surface area contributed by atoms with Gasteiger partial charge in [0.2, 0.25) is 0 Å². The van der Waals surface area contributed by atoms with Crippen LogP contribution in [0.1, 0.15) is 26.3 Å². The third kappa shape index (κ3) is 12.4. The molecule has 0 fully saturated rings. The summed E-state index contributed by atoms with van der Waals surface area (Å²) in [7, 11) is 0. The molecular formula is C21H28N2O2. The number of hydrogen-bond acceptors (Lipinski definition) is 4. The number of hydrogen-bond donors (Lipinski definition) is 0. The summed E-state index contributed by atoms with van der Waals surface area (Å²) in [5, 5.41) is 8.19. The Labute approximate surface area is 151 Å². The van der Waals surface area contributed by atoms with Crippen molar-refractivity contribution in [1.29, 1.82) is 5.26 Å². The molecule has 0 bridgehead atoms. The zero-order chi connectivity index (χ0) is 18.9. The lowest BCUT2D eigenvalue weighted by Crippen LogP contribution is -2.27. The minimum absolute atomic E-state index is 0.299. The topological polar surface area (TPSA) is 53.3 Å². The van der Waals surface area contributed by atoms with Crippen LogP contribution < -0.4 is 0 Å². The van der Waals surface area contributed by atoms with E-state index < -0.39 is 0 Å². The third-order valence-electron chi connectivity index (χ3n) is 3.25. The Morgan fingerprint density at radius 3 is 2.40 bits per heavy atom. The molecule has 0 N–H and O–H groups in total. The maximum atomic E-state index is 11.0. The van der Waals surface area contributed by atoms with Gasteiger partial charge in [0.25, 0.3) is 0 Å². The van der Waals surface area contributed by atoms with Gasteiger partial charge < -0.3 is 9.64 Å². The average molecular weight is 340 g/mol. The van der Waals surface area contributed by atoms with Gasteiger partial charge in [0.1, 0.15) is 6.61 Å². The molecular weight excluding hydrogens is 312 g/mol. The van der Waals surface area contributed by atoms with Crippen molar-refractivity contribution in [2.45, 2.75) is 20.8 Å². The summed E-state index contributed by atoms with van der Waals surface area (Å²) in [6.07, 6.45) is 6.96. The van der Waals surface area contributed by atoms with Crippen molar-refractivity contribution in [3.05, 3.63) is 66.3 Å². The van der Waals surface area contributed by atoms with E-state index in [0.717, 1.165) is 25.2 Å². The monoisotopic (exact) mass is 340 g/mol. The second kappa shape index (κ2) is 14.9. The number of rotatable bonds is 8. The van der Waals surface area contributed by atoms with Crippen LogP contribution in [-0.2, 0) is 9.53 Å². The highest BCUT2D eigenvalue weighted by Crippen LogP contribution is 2.00. The lowest BCUT2D eigenvalue weighted by atomic mass is 10.2. The molecule has 0 amide bonds. The van der Waals surface area contributed by atoms with Crippen molar-refractivity contribution in [1.82, 2.24) is 4.90 Å². The molecule has 0 spiro atoms. The van der Waals surface area contributed by atoms with Gasteiger partial charge in [-0.05, 0) is 25.6 Å². The van der Waals surface area contributed by atoms with Crippen LogP contribution in [-0.4, -0.2) is 37.1 Å². The van der Waals surface area contributed by atoms with E-state index >= 15 is 0 Å². The minimum atomic E-state index is -0.299. The van der Waals surface area contributed by atoms with Gasteiger partial charge in [0, 0.05) is 18.2 Å². The van der Waals surface area contributed by atoms with E-state index in [1.165, 1.54) is 6.08 Å². The number of allylic oxidation sites excluding steroid dienone is 3. The Bertz CT molecular complexity index is 594. The van der Waals surface area contributed by atoms with Gasteiger partial charge in [0.15, 0.2) is 0 Å². The van der Waals surface area contributed by atoms with E-state index in [4.69, 9.17) is 10.00 Å². The summed E-state index contributed by atoms with van der Waals surface area (Å²) in [5.74, 6) is -0.299. The van der Waals surface area contributed by atoms with Gasteiger partial charge in [-0.3, -0.25) is 0 Å². The van der Waals surface area contributed by atoms with E-state index in [-0.39, 0.29) is 5.97 Å². The van der Waals surface area contributed by atoms with Crippen LogP contribution in [0.15, 0.2) is 60.7 Å². The second-order valence-corrected chi connectivity index (χ2v) is 5.20. The van der Waals surface area contributed by atoms with Crippen LogP contribution in [0.25, 0.3) is 6.08 Å². The van der Waals surface area contributed by atoms with E-state index in [1.54, 1.807) is 13.0 Å². The number of benzene rings is 1. The zero-order valence-electron chi connectivity index (χ0n) is 15.4. The highest BCUT2D eigenvalue weighted by Gasteiger charge is 2.04. The maximum absolute atomic E-state index is 11.0. The number of nitriles is 1. The summed E-state index contributed by atoms with van der Waals surface area (Å²) < 4.78 is 4.96. The van der Waals surface area contributed by atoms with Crippen molar-refractivity contribution in [3.63, 3.8) is 0 Å². The molecule has 4 heteroatoms. The van der Waals surface area contributed by atoms with Crippen LogP contribution in [0.2, 0.25) is 0 Å². The lowest BCUT2D eigenvalue weighted by Gasteiger charge is -2.17. The van der Waals surface area contributed by atoms with Gasteiger partial charge in [-0.2, -0.15) is 5.26 Å². The Hall–Kier alpha value is -2.64. The first-order valence-electron chi connectivity index (χ1n) is 8.38. The van der Waals surface area contributed by atoms with Gasteiger partial charge in [-0.15, -0.1) is 0 Å². The second-order valence-electron chi connectivity index (χ2n) is 5.20. The van der Waals surface area contributed by atoms with Crippen molar-refractivity contribution in [2.75, 3.05) is 26.2 Å². The molecule has 1 rings (SSSR count). The molecule has 25 heavy (non-hydrogen) atoms. The number of likely N-dealkylation sites (N-methyl/N-ethyl adjacent to an activating group) is 1. The van der Waals surface area contributed by atoms with E-state index in [0.29, 0.717) is 12.2 Å². The lowest BCUT2D eigenvalue weighted by molar-refractivity contribution is -0.139. The molecule has 0 aromatic heterocycles. The quantitative estimate of drug-likeness (QED) is 0.308. The molecule has 0 aliphatic heterocycles. The van der Waals surface area contributed by atoms with Crippen LogP contribution >= 0.6 is 0 Å². The summed E-state index contributed by atoms with van der Waals surface area (Å²) in [5.41, 5.74) is 1.60. The van der Waals surface area contributed by atoms with E-state index in [1.807, 2.05) is 48.6 Å². The van der Waals surface area contributed by atoms with Gasteiger partial charge >= 0.3 is 5.97 Å². The molecule has 0 heterocycles. The number of ether oxygens (including phenoxy) is 1. The first-order valence-corrected chi connectivity index (χ1v) is 8.38. The summed E-state index contributed by atoms with van der Waals surface area (Å²) in [6.45, 7) is 12.6. The Morgan fingerprint density at radius 2 is 1.88 bits per heavy atom. The highest BCUT2D eigenvalue weighted by molar-refractivity contribution is 5.86. The molecule has 0 unspecified atom stereocenters. The SMILES string of the molecule is C=C(C)C(=O)OCCN(CC)CC.N#CC=CC=Cc1ccccc1. The van der Waals surface area contributed by atoms with Gasteiger partial charge in [0.05, 0.1) is 6.07 Å². The molecule has 1 aromatic carbocycles. The standard InChI is InChI=1S/C11H9N.C10H19NO2/c12-10-6-2-5-9-11-7-3-1-4-8-11;1-5-11(6-2)7-8-13-10(12)9(3)4/h1-9H;3,5-8H2,1-2,4H3. The first-order chi connectivity index (χ1) is 12.0.